The fourth-order valence-electron chi connectivity index (χ4n) is 6.09. The molecule has 2 aromatic heterocycles. The van der Waals surface area contributed by atoms with Crippen molar-refractivity contribution in [2.45, 2.75) is 95.7 Å². The molecular formula is C30H39N3O5S2. The number of benzene rings is 1. The van der Waals surface area contributed by atoms with Gasteiger partial charge in [0.25, 0.3) is 5.91 Å². The highest BCUT2D eigenvalue weighted by atomic mass is 32.2. The topological polar surface area (TPSA) is 118 Å². The predicted molar refractivity (Wildman–Crippen MR) is 158 cm³/mol. The number of carbonyl (C=O) groups excluding carboxylic acids is 1. The molecule has 2 aliphatic rings. The van der Waals surface area contributed by atoms with Crippen LogP contribution in [0.15, 0.2) is 34.5 Å². The highest BCUT2D eigenvalue weighted by molar-refractivity contribution is 7.89. The number of nitrogens with zero attached hydrogens (tertiary/aromatic N) is 1. The molecule has 3 N–H and O–H groups in total. The van der Waals surface area contributed by atoms with Crippen LogP contribution in [-0.4, -0.2) is 41.5 Å². The van der Waals surface area contributed by atoms with Crippen molar-refractivity contribution in [3.63, 3.8) is 0 Å². The van der Waals surface area contributed by atoms with E-state index in [1.54, 1.807) is 6.07 Å². The maximum Gasteiger partial charge on any atom is 0.306 e. The van der Waals surface area contributed by atoms with Crippen LogP contribution in [0.4, 0.5) is 0 Å². The number of sulfonamides is 1. The van der Waals surface area contributed by atoms with Crippen LogP contribution >= 0.6 is 11.3 Å². The van der Waals surface area contributed by atoms with Gasteiger partial charge in [-0.25, -0.2) is 13.1 Å². The smallest absolute Gasteiger partial charge is 0.306 e. The fourth-order valence-corrected chi connectivity index (χ4v) is 8.72. The largest absolute Gasteiger partial charge is 0.481 e. The van der Waals surface area contributed by atoms with Crippen LogP contribution < -0.4 is 10.0 Å². The van der Waals surface area contributed by atoms with Crippen LogP contribution in [0.5, 0.6) is 0 Å². The van der Waals surface area contributed by atoms with Gasteiger partial charge >= 0.3 is 5.97 Å². The molecule has 0 spiro atoms. The summed E-state index contributed by atoms with van der Waals surface area (Å²) in [5, 5.41) is 14.8. The Morgan fingerprint density at radius 1 is 1.10 bits per heavy atom. The number of fused-ring (bicyclic) bond motifs is 1. The molecular weight excluding hydrogens is 546 g/mol. The molecule has 0 saturated heterocycles. The molecule has 8 nitrogen and oxygen atoms in total. The zero-order chi connectivity index (χ0) is 28.8. The van der Waals surface area contributed by atoms with Crippen molar-refractivity contribution in [3.8, 4) is 11.3 Å². The molecule has 3 aromatic rings. The van der Waals surface area contributed by atoms with Crippen molar-refractivity contribution in [1.82, 2.24) is 14.6 Å². The van der Waals surface area contributed by atoms with Gasteiger partial charge in [0.15, 0.2) is 0 Å². The molecule has 1 aromatic carbocycles. The van der Waals surface area contributed by atoms with Gasteiger partial charge in [-0.15, -0.1) is 11.3 Å². The Hall–Kier alpha value is -2.69. The van der Waals surface area contributed by atoms with E-state index in [4.69, 9.17) is 0 Å². The Morgan fingerprint density at radius 2 is 1.80 bits per heavy atom. The van der Waals surface area contributed by atoms with Gasteiger partial charge in [-0.05, 0) is 82.9 Å². The van der Waals surface area contributed by atoms with E-state index in [2.05, 4.69) is 14.6 Å². The van der Waals surface area contributed by atoms with Gasteiger partial charge in [-0.3, -0.25) is 9.59 Å². The van der Waals surface area contributed by atoms with E-state index >= 15 is 0 Å². The van der Waals surface area contributed by atoms with Crippen LogP contribution in [0.3, 0.4) is 0 Å². The fraction of sp³-hybridized carbons (Fsp3) is 0.533. The van der Waals surface area contributed by atoms with Gasteiger partial charge in [0.1, 0.15) is 0 Å². The molecule has 0 unspecified atom stereocenters. The molecule has 2 aliphatic carbocycles. The number of carboxylic acid groups (broad SMARTS) is 1. The van der Waals surface area contributed by atoms with E-state index in [1.807, 2.05) is 51.3 Å². The molecule has 0 atom stereocenters. The molecule has 2 heterocycles. The molecule has 0 radical (unpaired) electrons. The summed E-state index contributed by atoms with van der Waals surface area (Å²) in [4.78, 5) is 24.9. The van der Waals surface area contributed by atoms with Gasteiger partial charge in [-0.2, -0.15) is 0 Å². The summed E-state index contributed by atoms with van der Waals surface area (Å²) in [6.07, 6.45) is 6.89. The number of rotatable bonds is 8. The monoisotopic (exact) mass is 585 g/mol. The number of aromatic nitrogens is 1. The van der Waals surface area contributed by atoms with Crippen molar-refractivity contribution >= 4 is 43.3 Å². The first-order valence-electron chi connectivity index (χ1n) is 14.1. The first-order chi connectivity index (χ1) is 18.8. The molecule has 2 saturated carbocycles. The average Bonchev–Trinajstić information content (AvgIpc) is 3.45. The minimum atomic E-state index is -3.74. The first-order valence-corrected chi connectivity index (χ1v) is 16.5. The van der Waals surface area contributed by atoms with Crippen LogP contribution in [0.1, 0.15) is 81.8 Å². The Morgan fingerprint density at radius 3 is 2.45 bits per heavy atom. The number of carboxylic acids is 1. The Labute approximate surface area is 240 Å². The lowest BCUT2D eigenvalue weighted by Crippen LogP contribution is -2.46. The van der Waals surface area contributed by atoms with E-state index in [0.29, 0.717) is 29.7 Å². The van der Waals surface area contributed by atoms with E-state index < -0.39 is 27.4 Å². The lowest BCUT2D eigenvalue weighted by atomic mass is 9.80. The molecule has 0 bridgehead atoms. The third-order valence-electron chi connectivity index (χ3n) is 8.18. The lowest BCUT2D eigenvalue weighted by molar-refractivity contribution is -0.145. The Kier molecular flexibility index (Phi) is 7.89. The number of hydrogen-bond acceptors (Lipinski definition) is 5. The third-order valence-corrected chi connectivity index (χ3v) is 10.9. The summed E-state index contributed by atoms with van der Waals surface area (Å²) in [5.41, 5.74) is 2.67. The maximum atomic E-state index is 13.4. The Balaban J connectivity index is 1.54. The van der Waals surface area contributed by atoms with Crippen molar-refractivity contribution < 1.29 is 23.1 Å². The normalized spacial score (nSPS) is 20.4. The molecule has 0 aliphatic heterocycles. The van der Waals surface area contributed by atoms with Gasteiger partial charge in [0.2, 0.25) is 10.0 Å². The minimum Gasteiger partial charge on any atom is -0.481 e. The number of thiophene rings is 1. The van der Waals surface area contributed by atoms with Gasteiger partial charge < -0.3 is 15.0 Å². The molecule has 1 amide bonds. The number of amides is 1. The quantitative estimate of drug-likeness (QED) is 0.303. The summed E-state index contributed by atoms with van der Waals surface area (Å²) in [7, 11) is -3.74. The zero-order valence-corrected chi connectivity index (χ0v) is 25.3. The summed E-state index contributed by atoms with van der Waals surface area (Å²) < 4.78 is 32.4. The second-order valence-electron chi connectivity index (χ2n) is 12.5. The second kappa shape index (κ2) is 10.9. The van der Waals surface area contributed by atoms with Gasteiger partial charge in [0, 0.05) is 39.5 Å². The standard InChI is InChI=1S/C30H39N3O5S2/c1-18-24(28(34)31-21-14-20(15-21)29(35)36)16-25(33(18)17-19-8-6-5-7-9-19)22-10-11-26(23-12-13-39-27(22)23)40(37,38)32-30(2,3)4/h10-13,16,19-21,32H,5-9,14-15,17H2,1-4H3,(H,31,34)(H,35,36)/t20-,21-. The predicted octanol–water partition coefficient (Wildman–Crippen LogP) is 5.93. The summed E-state index contributed by atoms with van der Waals surface area (Å²) in [6, 6.07) is 7.18. The SMILES string of the molecule is Cc1c(C(=O)N[C@H]2C[C@H](C(=O)O)C2)cc(-c2ccc(S(=O)(=O)NC(C)(C)C)c3ccsc23)n1CC1CCCCC1. The van der Waals surface area contributed by atoms with Crippen molar-refractivity contribution in [3.05, 3.63) is 40.9 Å². The number of aliphatic carboxylic acids is 1. The van der Waals surface area contributed by atoms with Crippen molar-refractivity contribution in [1.29, 1.82) is 0 Å². The van der Waals surface area contributed by atoms with Crippen molar-refractivity contribution in [2.75, 3.05) is 0 Å². The molecule has 2 fully saturated rings. The van der Waals surface area contributed by atoms with E-state index in [0.717, 1.165) is 41.0 Å². The number of nitrogens with one attached hydrogen (secondary N) is 2. The third kappa shape index (κ3) is 5.85. The van der Waals surface area contributed by atoms with Crippen LogP contribution in [0, 0.1) is 18.8 Å². The zero-order valence-electron chi connectivity index (χ0n) is 23.6. The molecule has 5 rings (SSSR count). The number of hydrogen-bond donors (Lipinski definition) is 3. The molecule has 216 valence electrons. The average molecular weight is 586 g/mol. The van der Waals surface area contributed by atoms with Crippen LogP contribution in [-0.2, 0) is 21.4 Å². The van der Waals surface area contributed by atoms with Crippen LogP contribution in [0.2, 0.25) is 0 Å². The number of carbonyl (C=O) groups is 2. The van der Waals surface area contributed by atoms with Crippen LogP contribution in [0.25, 0.3) is 21.3 Å². The second-order valence-corrected chi connectivity index (χ2v) is 15.0. The molecule has 40 heavy (non-hydrogen) atoms. The summed E-state index contributed by atoms with van der Waals surface area (Å²) in [6.45, 7) is 8.24. The van der Waals surface area contributed by atoms with Crippen molar-refractivity contribution in [2.24, 2.45) is 11.8 Å². The highest BCUT2D eigenvalue weighted by Crippen LogP contribution is 2.39. The Bertz CT molecular complexity index is 1530. The lowest BCUT2D eigenvalue weighted by Gasteiger charge is -2.32. The van der Waals surface area contributed by atoms with Gasteiger partial charge in [-0.1, -0.05) is 25.3 Å². The highest BCUT2D eigenvalue weighted by Gasteiger charge is 2.36. The van der Waals surface area contributed by atoms with E-state index in [-0.39, 0.29) is 16.8 Å². The minimum absolute atomic E-state index is 0.137. The molecule has 10 heteroatoms. The van der Waals surface area contributed by atoms with E-state index in [1.165, 1.54) is 30.6 Å². The maximum absolute atomic E-state index is 13.4. The summed E-state index contributed by atoms with van der Waals surface area (Å²) in [5.74, 6) is -0.879. The van der Waals surface area contributed by atoms with Gasteiger partial charge in [0.05, 0.1) is 22.1 Å². The summed E-state index contributed by atoms with van der Waals surface area (Å²) >= 11 is 1.50. The van der Waals surface area contributed by atoms with E-state index in [9.17, 15) is 23.1 Å². The first kappa shape index (κ1) is 28.8.